The normalized spacial score (nSPS) is 16.7. The maximum absolute atomic E-state index is 13.5. The minimum atomic E-state index is -0.785. The molecule has 1 heterocycles. The van der Waals surface area contributed by atoms with Crippen LogP contribution in [0.15, 0.2) is 72.3 Å². The molecule has 0 aromatic heterocycles. The largest absolute Gasteiger partial charge is 0.507 e. The first-order chi connectivity index (χ1) is 18.6. The highest BCUT2D eigenvalue weighted by atomic mass is 16.5. The zero-order chi connectivity index (χ0) is 28.3. The van der Waals surface area contributed by atoms with Gasteiger partial charge in [0, 0.05) is 12.1 Å². The fraction of sp³-hybridized carbons (Fsp3) is 0.312. The fourth-order valence-electron chi connectivity index (χ4n) is 4.81. The quantitative estimate of drug-likeness (QED) is 0.201. The summed E-state index contributed by atoms with van der Waals surface area (Å²) in [6.45, 7) is 8.13. The average molecular weight is 530 g/mol. The molecule has 0 saturated carbocycles. The lowest BCUT2D eigenvalue weighted by Crippen LogP contribution is -2.29. The molecule has 0 aliphatic carbocycles. The molecule has 1 N–H and O–H groups in total. The molecule has 7 heteroatoms. The first-order valence-electron chi connectivity index (χ1n) is 13.0. The molecule has 7 nitrogen and oxygen atoms in total. The van der Waals surface area contributed by atoms with Crippen molar-refractivity contribution in [1.29, 1.82) is 0 Å². The molecule has 4 rings (SSSR count). The number of aliphatic hydroxyl groups is 1. The molecule has 3 aromatic rings. The van der Waals surface area contributed by atoms with E-state index in [4.69, 9.17) is 14.2 Å². The Kier molecular flexibility index (Phi) is 8.29. The van der Waals surface area contributed by atoms with E-state index in [0.717, 1.165) is 16.9 Å². The summed E-state index contributed by atoms with van der Waals surface area (Å²) in [7, 11) is 3.17. The minimum absolute atomic E-state index is 0.0397. The number of ether oxygens (including phenoxy) is 3. The lowest BCUT2D eigenvalue weighted by Gasteiger charge is -2.26. The van der Waals surface area contributed by atoms with Gasteiger partial charge in [-0.1, -0.05) is 38.1 Å². The van der Waals surface area contributed by atoms with Gasteiger partial charge in [-0.2, -0.15) is 0 Å². The number of ketones is 1. The van der Waals surface area contributed by atoms with Crippen LogP contribution in [-0.4, -0.2) is 42.0 Å². The van der Waals surface area contributed by atoms with E-state index in [0.29, 0.717) is 22.6 Å². The molecule has 1 amide bonds. The van der Waals surface area contributed by atoms with Crippen molar-refractivity contribution in [3.8, 4) is 17.2 Å². The summed E-state index contributed by atoms with van der Waals surface area (Å²) in [4.78, 5) is 28.4. The van der Waals surface area contributed by atoms with Crippen molar-refractivity contribution in [3.63, 3.8) is 0 Å². The lowest BCUT2D eigenvalue weighted by atomic mass is 9.93. The van der Waals surface area contributed by atoms with Crippen LogP contribution in [0.1, 0.15) is 61.9 Å². The SMILES string of the molecule is COc1ccc(C2/C(=C(/O)c3ccc(OC)c(C(C)C)c3)C(=O)C(=O)N2Cc2ccc(OC(C)C)cc2)cc1. The van der Waals surface area contributed by atoms with Gasteiger partial charge in [0.25, 0.3) is 11.7 Å². The third-order valence-electron chi connectivity index (χ3n) is 6.74. The van der Waals surface area contributed by atoms with Gasteiger partial charge in [0.05, 0.1) is 31.9 Å². The Hall–Kier alpha value is -4.26. The van der Waals surface area contributed by atoms with Crippen molar-refractivity contribution < 1.29 is 28.9 Å². The van der Waals surface area contributed by atoms with E-state index >= 15 is 0 Å². The van der Waals surface area contributed by atoms with Gasteiger partial charge in [0.15, 0.2) is 0 Å². The van der Waals surface area contributed by atoms with E-state index in [1.807, 2.05) is 70.2 Å². The van der Waals surface area contributed by atoms with Gasteiger partial charge in [-0.05, 0) is 78.9 Å². The van der Waals surface area contributed by atoms with Gasteiger partial charge in [0.2, 0.25) is 0 Å². The second-order valence-electron chi connectivity index (χ2n) is 10.1. The monoisotopic (exact) mass is 529 g/mol. The van der Waals surface area contributed by atoms with E-state index in [1.54, 1.807) is 38.5 Å². The summed E-state index contributed by atoms with van der Waals surface area (Å²) in [5.74, 6) is 0.569. The van der Waals surface area contributed by atoms with Crippen LogP contribution in [0.4, 0.5) is 0 Å². The van der Waals surface area contributed by atoms with Gasteiger partial charge in [-0.15, -0.1) is 0 Å². The maximum atomic E-state index is 13.5. The standard InChI is InChI=1S/C32H35NO6/c1-19(2)26-17-23(11-16-27(26)38-6)30(34)28-29(22-9-14-24(37-5)15-10-22)33(32(36)31(28)35)18-21-7-12-25(13-8-21)39-20(3)4/h7-17,19-20,29,34H,18H2,1-6H3/b30-28-. The van der Waals surface area contributed by atoms with Crippen molar-refractivity contribution >= 4 is 17.4 Å². The highest BCUT2D eigenvalue weighted by Crippen LogP contribution is 2.41. The summed E-state index contributed by atoms with van der Waals surface area (Å²) < 4.78 is 16.5. The molecule has 1 fully saturated rings. The van der Waals surface area contributed by atoms with Crippen LogP contribution in [-0.2, 0) is 16.1 Å². The first-order valence-corrected chi connectivity index (χ1v) is 13.0. The van der Waals surface area contributed by atoms with Gasteiger partial charge in [-0.25, -0.2) is 0 Å². The Balaban J connectivity index is 1.81. The maximum Gasteiger partial charge on any atom is 0.295 e. The van der Waals surface area contributed by atoms with Crippen LogP contribution >= 0.6 is 0 Å². The van der Waals surface area contributed by atoms with Gasteiger partial charge >= 0.3 is 0 Å². The summed E-state index contributed by atoms with van der Waals surface area (Å²) in [5, 5.41) is 11.5. The Bertz CT molecular complexity index is 1370. The van der Waals surface area contributed by atoms with Gasteiger partial charge in [0.1, 0.15) is 23.0 Å². The second kappa shape index (κ2) is 11.6. The molecule has 1 aliphatic rings. The third kappa shape index (κ3) is 5.77. The molecule has 1 saturated heterocycles. The number of benzene rings is 3. The molecule has 1 atom stereocenters. The van der Waals surface area contributed by atoms with Crippen LogP contribution in [0.3, 0.4) is 0 Å². The minimum Gasteiger partial charge on any atom is -0.507 e. The average Bonchev–Trinajstić information content (AvgIpc) is 3.17. The summed E-state index contributed by atoms with van der Waals surface area (Å²) in [5.41, 5.74) is 2.91. The highest BCUT2D eigenvalue weighted by Gasteiger charge is 2.46. The molecule has 1 unspecified atom stereocenters. The number of likely N-dealkylation sites (tertiary alicyclic amines) is 1. The van der Waals surface area contributed by atoms with Crippen LogP contribution in [0, 0.1) is 0 Å². The van der Waals surface area contributed by atoms with E-state index < -0.39 is 17.7 Å². The molecule has 0 bridgehead atoms. The zero-order valence-corrected chi connectivity index (χ0v) is 23.2. The Morgan fingerprint density at radius 1 is 0.872 bits per heavy atom. The van der Waals surface area contributed by atoms with Gasteiger partial charge < -0.3 is 24.2 Å². The van der Waals surface area contributed by atoms with Crippen molar-refractivity contribution in [3.05, 3.63) is 94.6 Å². The van der Waals surface area contributed by atoms with Crippen LogP contribution in [0.2, 0.25) is 0 Å². The number of nitrogens with zero attached hydrogens (tertiary/aromatic N) is 1. The molecule has 39 heavy (non-hydrogen) atoms. The Morgan fingerprint density at radius 3 is 2.08 bits per heavy atom. The number of hydrogen-bond donors (Lipinski definition) is 1. The fourth-order valence-corrected chi connectivity index (χ4v) is 4.81. The topological polar surface area (TPSA) is 85.3 Å². The van der Waals surface area contributed by atoms with Gasteiger partial charge in [-0.3, -0.25) is 9.59 Å². The molecular formula is C32H35NO6. The summed E-state index contributed by atoms with van der Waals surface area (Å²) in [6.07, 6.45) is 0.0397. The molecule has 0 spiro atoms. The van der Waals surface area contributed by atoms with E-state index in [2.05, 4.69) is 0 Å². The predicted molar refractivity (Wildman–Crippen MR) is 150 cm³/mol. The van der Waals surface area contributed by atoms with Crippen molar-refractivity contribution in [2.75, 3.05) is 14.2 Å². The number of Topliss-reactive ketones (excluding diaryl/α,β-unsaturated/α-hetero) is 1. The van der Waals surface area contributed by atoms with Crippen LogP contribution in [0.25, 0.3) is 5.76 Å². The third-order valence-corrected chi connectivity index (χ3v) is 6.74. The number of aliphatic hydroxyl groups excluding tert-OH is 1. The zero-order valence-electron chi connectivity index (χ0n) is 23.2. The number of rotatable bonds is 9. The van der Waals surface area contributed by atoms with Crippen molar-refractivity contribution in [1.82, 2.24) is 4.90 Å². The number of methoxy groups -OCH3 is 2. The first kappa shape index (κ1) is 27.8. The predicted octanol–water partition coefficient (Wildman–Crippen LogP) is 6.24. The Morgan fingerprint density at radius 2 is 1.51 bits per heavy atom. The molecule has 3 aromatic carbocycles. The van der Waals surface area contributed by atoms with E-state index in [-0.39, 0.29) is 29.9 Å². The van der Waals surface area contributed by atoms with Crippen LogP contribution < -0.4 is 14.2 Å². The van der Waals surface area contributed by atoms with Crippen LogP contribution in [0.5, 0.6) is 17.2 Å². The van der Waals surface area contributed by atoms with E-state index in [1.165, 1.54) is 4.90 Å². The molecule has 1 aliphatic heterocycles. The van der Waals surface area contributed by atoms with E-state index in [9.17, 15) is 14.7 Å². The second-order valence-corrected chi connectivity index (χ2v) is 10.1. The highest BCUT2D eigenvalue weighted by molar-refractivity contribution is 6.46. The number of amides is 1. The smallest absolute Gasteiger partial charge is 0.295 e. The molecule has 204 valence electrons. The number of hydrogen-bond acceptors (Lipinski definition) is 6. The molecule has 0 radical (unpaired) electrons. The van der Waals surface area contributed by atoms with Crippen molar-refractivity contribution in [2.45, 2.75) is 52.3 Å². The summed E-state index contributed by atoms with van der Waals surface area (Å²) in [6, 6.07) is 19.1. The lowest BCUT2D eigenvalue weighted by molar-refractivity contribution is -0.140. The molecular weight excluding hydrogens is 494 g/mol. The summed E-state index contributed by atoms with van der Waals surface area (Å²) >= 11 is 0. The number of carbonyl (C=O) groups is 2. The Labute approximate surface area is 229 Å². The van der Waals surface area contributed by atoms with Crippen molar-refractivity contribution in [2.24, 2.45) is 0 Å². The number of carbonyl (C=O) groups excluding carboxylic acids is 2.